The summed E-state index contributed by atoms with van der Waals surface area (Å²) >= 11 is 0. The second-order valence-electron chi connectivity index (χ2n) is 6.23. The van der Waals surface area contributed by atoms with E-state index in [-0.39, 0.29) is 0 Å². The highest BCUT2D eigenvalue weighted by Crippen LogP contribution is 2.25. The van der Waals surface area contributed by atoms with Crippen LogP contribution < -0.4 is 5.32 Å². The molecule has 1 saturated carbocycles. The van der Waals surface area contributed by atoms with E-state index in [0.717, 1.165) is 31.8 Å². The van der Waals surface area contributed by atoms with Crippen molar-refractivity contribution in [1.29, 1.82) is 0 Å². The minimum atomic E-state index is 0.693. The molecule has 0 amide bonds. The summed E-state index contributed by atoms with van der Waals surface area (Å²) < 4.78 is 5.51. The maximum atomic E-state index is 5.51. The highest BCUT2D eigenvalue weighted by Gasteiger charge is 2.30. The van der Waals surface area contributed by atoms with Gasteiger partial charge in [-0.25, -0.2) is 0 Å². The van der Waals surface area contributed by atoms with Crippen molar-refractivity contribution in [3.63, 3.8) is 0 Å². The van der Waals surface area contributed by atoms with Crippen LogP contribution in [-0.4, -0.2) is 49.8 Å². The topological polar surface area (TPSA) is 24.5 Å². The van der Waals surface area contributed by atoms with Gasteiger partial charge >= 0.3 is 0 Å². The van der Waals surface area contributed by atoms with Gasteiger partial charge in [0.1, 0.15) is 0 Å². The quantitative estimate of drug-likeness (QED) is 0.848. The van der Waals surface area contributed by atoms with Gasteiger partial charge in [0.2, 0.25) is 0 Å². The first kappa shape index (κ1) is 15.3. The Morgan fingerprint density at radius 1 is 1.00 bits per heavy atom. The van der Waals surface area contributed by atoms with Crippen molar-refractivity contribution in [3.05, 3.63) is 0 Å². The zero-order valence-electron chi connectivity index (χ0n) is 12.9. The molecule has 0 radical (unpaired) electrons. The van der Waals surface area contributed by atoms with Crippen molar-refractivity contribution in [1.82, 2.24) is 10.2 Å². The molecule has 2 fully saturated rings. The van der Waals surface area contributed by atoms with Gasteiger partial charge < -0.3 is 10.1 Å². The van der Waals surface area contributed by atoms with E-state index in [1.54, 1.807) is 0 Å². The van der Waals surface area contributed by atoms with Crippen LogP contribution in [0.2, 0.25) is 0 Å². The van der Waals surface area contributed by atoms with Crippen molar-refractivity contribution in [2.75, 3.05) is 26.8 Å². The van der Waals surface area contributed by atoms with Gasteiger partial charge in [0.05, 0.1) is 0 Å². The highest BCUT2D eigenvalue weighted by molar-refractivity contribution is 4.88. The molecule has 1 aliphatic carbocycles. The summed E-state index contributed by atoms with van der Waals surface area (Å²) in [5, 5.41) is 3.75. The van der Waals surface area contributed by atoms with E-state index in [0.29, 0.717) is 6.04 Å². The summed E-state index contributed by atoms with van der Waals surface area (Å²) in [7, 11) is 2.35. The first-order valence-electron chi connectivity index (χ1n) is 8.36. The van der Waals surface area contributed by atoms with E-state index in [4.69, 9.17) is 4.74 Å². The molecule has 3 nitrogen and oxygen atoms in total. The fourth-order valence-electron chi connectivity index (χ4n) is 3.82. The van der Waals surface area contributed by atoms with Gasteiger partial charge in [-0.2, -0.15) is 0 Å². The second-order valence-corrected chi connectivity index (χ2v) is 6.23. The molecule has 2 atom stereocenters. The van der Waals surface area contributed by atoms with Gasteiger partial charge in [-0.05, 0) is 39.3 Å². The molecule has 1 N–H and O–H groups in total. The molecule has 0 spiro atoms. The molecule has 3 heteroatoms. The largest absolute Gasteiger partial charge is 0.381 e. The lowest BCUT2D eigenvalue weighted by Crippen LogP contribution is -2.53. The minimum absolute atomic E-state index is 0.693. The van der Waals surface area contributed by atoms with E-state index in [2.05, 4.69) is 24.2 Å². The summed E-state index contributed by atoms with van der Waals surface area (Å²) in [5.74, 6) is 0. The Kier molecular flexibility index (Phi) is 6.62. The molecule has 112 valence electrons. The molecule has 2 unspecified atom stereocenters. The number of hydrogen-bond donors (Lipinski definition) is 1. The van der Waals surface area contributed by atoms with Crippen molar-refractivity contribution in [2.45, 2.75) is 76.4 Å². The van der Waals surface area contributed by atoms with Crippen LogP contribution in [0.3, 0.4) is 0 Å². The van der Waals surface area contributed by atoms with Crippen LogP contribution in [0.1, 0.15) is 58.3 Å². The number of hydrogen-bond acceptors (Lipinski definition) is 3. The number of likely N-dealkylation sites (N-methyl/N-ethyl adjacent to an activating group) is 2. The molecular formula is C16H32N2O. The Morgan fingerprint density at radius 2 is 1.68 bits per heavy atom. The van der Waals surface area contributed by atoms with Crippen LogP contribution in [0.5, 0.6) is 0 Å². The number of nitrogens with one attached hydrogen (secondary N) is 1. The average molecular weight is 268 g/mol. The molecule has 0 bridgehead atoms. The summed E-state index contributed by atoms with van der Waals surface area (Å²) in [6.07, 6.45) is 10.8. The second kappa shape index (κ2) is 8.23. The van der Waals surface area contributed by atoms with Crippen LogP contribution in [0.4, 0.5) is 0 Å². The molecule has 0 aromatic heterocycles. The summed E-state index contributed by atoms with van der Waals surface area (Å²) in [4.78, 5) is 2.68. The van der Waals surface area contributed by atoms with E-state index in [1.165, 1.54) is 51.4 Å². The van der Waals surface area contributed by atoms with Crippen molar-refractivity contribution < 1.29 is 4.74 Å². The molecule has 0 aromatic rings. The highest BCUT2D eigenvalue weighted by atomic mass is 16.5. The van der Waals surface area contributed by atoms with Gasteiger partial charge in [0.25, 0.3) is 0 Å². The van der Waals surface area contributed by atoms with E-state index in [9.17, 15) is 0 Å². The van der Waals surface area contributed by atoms with Gasteiger partial charge in [-0.3, -0.25) is 4.90 Å². The van der Waals surface area contributed by atoms with E-state index >= 15 is 0 Å². The lowest BCUT2D eigenvalue weighted by Gasteiger charge is -2.42. The first-order chi connectivity index (χ1) is 9.33. The Labute approximate surface area is 119 Å². The third-order valence-electron chi connectivity index (χ3n) is 4.99. The minimum Gasteiger partial charge on any atom is -0.381 e. The lowest BCUT2D eigenvalue weighted by molar-refractivity contribution is 0.0175. The van der Waals surface area contributed by atoms with Crippen molar-refractivity contribution in [2.24, 2.45) is 0 Å². The van der Waals surface area contributed by atoms with Gasteiger partial charge in [-0.1, -0.05) is 32.6 Å². The predicted octanol–water partition coefficient (Wildman–Crippen LogP) is 2.80. The standard InChI is InChI=1S/C16H32N2O/c1-3-17-15-8-6-4-5-7-9-16(15)18(2)14-10-12-19-13-11-14/h14-17H,3-13H2,1-2H3. The lowest BCUT2D eigenvalue weighted by atomic mass is 9.89. The smallest absolute Gasteiger partial charge is 0.0480 e. The molecule has 1 heterocycles. The summed E-state index contributed by atoms with van der Waals surface area (Å²) in [6.45, 7) is 5.24. The summed E-state index contributed by atoms with van der Waals surface area (Å²) in [6, 6.07) is 2.15. The Hall–Kier alpha value is -0.120. The third-order valence-corrected chi connectivity index (χ3v) is 4.99. The van der Waals surface area contributed by atoms with Crippen LogP contribution in [0.15, 0.2) is 0 Å². The number of rotatable bonds is 4. The maximum Gasteiger partial charge on any atom is 0.0480 e. The fraction of sp³-hybridized carbons (Fsp3) is 1.00. The average Bonchev–Trinajstić information content (AvgIpc) is 2.43. The monoisotopic (exact) mass is 268 g/mol. The van der Waals surface area contributed by atoms with Crippen LogP contribution in [0, 0.1) is 0 Å². The maximum absolute atomic E-state index is 5.51. The zero-order valence-corrected chi connectivity index (χ0v) is 12.9. The first-order valence-corrected chi connectivity index (χ1v) is 8.36. The van der Waals surface area contributed by atoms with Crippen LogP contribution in [0.25, 0.3) is 0 Å². The zero-order chi connectivity index (χ0) is 13.5. The SMILES string of the molecule is CCNC1CCCCCCC1N(C)C1CCOCC1. The molecule has 1 aliphatic heterocycles. The molecular weight excluding hydrogens is 236 g/mol. The number of nitrogens with zero attached hydrogens (tertiary/aromatic N) is 1. The van der Waals surface area contributed by atoms with Gasteiger partial charge in [-0.15, -0.1) is 0 Å². The Morgan fingerprint density at radius 3 is 2.37 bits per heavy atom. The van der Waals surface area contributed by atoms with Gasteiger partial charge in [0.15, 0.2) is 0 Å². The summed E-state index contributed by atoms with van der Waals surface area (Å²) in [5.41, 5.74) is 0. The van der Waals surface area contributed by atoms with Gasteiger partial charge in [0, 0.05) is 31.3 Å². The fourth-order valence-corrected chi connectivity index (χ4v) is 3.82. The van der Waals surface area contributed by atoms with Crippen LogP contribution in [-0.2, 0) is 4.74 Å². The molecule has 2 rings (SSSR count). The van der Waals surface area contributed by atoms with E-state index < -0.39 is 0 Å². The van der Waals surface area contributed by atoms with E-state index in [1.807, 2.05) is 0 Å². The van der Waals surface area contributed by atoms with Crippen LogP contribution >= 0.6 is 0 Å². The molecule has 19 heavy (non-hydrogen) atoms. The normalized spacial score (nSPS) is 31.1. The predicted molar refractivity (Wildman–Crippen MR) is 80.6 cm³/mol. The Balaban J connectivity index is 1.97. The molecule has 0 aromatic carbocycles. The molecule has 1 saturated heterocycles. The Bertz CT molecular complexity index is 241. The third kappa shape index (κ3) is 4.44. The molecule has 2 aliphatic rings. The van der Waals surface area contributed by atoms with Crippen molar-refractivity contribution in [3.8, 4) is 0 Å². The number of ether oxygens (including phenoxy) is 1. The van der Waals surface area contributed by atoms with Crippen molar-refractivity contribution >= 4 is 0 Å².